The van der Waals surface area contributed by atoms with Gasteiger partial charge in [0.25, 0.3) is 0 Å². The van der Waals surface area contributed by atoms with Crippen molar-refractivity contribution in [1.82, 2.24) is 20.4 Å². The molecule has 2 fully saturated rings. The highest BCUT2D eigenvalue weighted by atomic mass is 16.5. The first-order valence-electron chi connectivity index (χ1n) is 12.2. The van der Waals surface area contributed by atoms with Crippen LogP contribution in [-0.4, -0.2) is 59.4 Å². The number of hydrogen-bond acceptors (Lipinski definition) is 6. The Labute approximate surface area is 190 Å². The summed E-state index contributed by atoms with van der Waals surface area (Å²) in [6, 6.07) is 10.3. The Balaban J connectivity index is 1.24. The van der Waals surface area contributed by atoms with Gasteiger partial charge in [0.2, 0.25) is 17.7 Å². The quantitative estimate of drug-likeness (QED) is 0.603. The van der Waals surface area contributed by atoms with Crippen LogP contribution in [0.2, 0.25) is 0 Å². The van der Waals surface area contributed by atoms with Crippen molar-refractivity contribution in [2.45, 2.75) is 69.7 Å². The van der Waals surface area contributed by atoms with E-state index in [2.05, 4.69) is 32.5 Å². The van der Waals surface area contributed by atoms with Crippen LogP contribution in [0.15, 0.2) is 34.7 Å². The number of rotatable bonds is 9. The number of nitrogens with one attached hydrogen (secondary N) is 1. The third-order valence-corrected chi connectivity index (χ3v) is 6.88. The molecule has 1 N–H and O–H groups in total. The molecule has 32 heavy (non-hydrogen) atoms. The van der Waals surface area contributed by atoms with Crippen molar-refractivity contribution >= 4 is 5.91 Å². The maximum absolute atomic E-state index is 12.6. The summed E-state index contributed by atoms with van der Waals surface area (Å²) in [6.45, 7) is 4.23. The molecule has 2 aromatic rings. The van der Waals surface area contributed by atoms with Crippen molar-refractivity contribution in [2.24, 2.45) is 0 Å². The minimum atomic E-state index is 0.0610. The van der Waals surface area contributed by atoms with Crippen LogP contribution >= 0.6 is 0 Å². The van der Waals surface area contributed by atoms with Crippen molar-refractivity contribution in [1.29, 1.82) is 0 Å². The van der Waals surface area contributed by atoms with Crippen LogP contribution in [0.25, 0.3) is 0 Å². The molecule has 0 atom stereocenters. The molecule has 7 heteroatoms. The molecule has 174 valence electrons. The zero-order valence-corrected chi connectivity index (χ0v) is 19.1. The molecule has 1 aromatic carbocycles. The second-order valence-electron chi connectivity index (χ2n) is 9.09. The van der Waals surface area contributed by atoms with Crippen molar-refractivity contribution in [2.75, 3.05) is 32.8 Å². The van der Waals surface area contributed by atoms with Crippen LogP contribution in [0, 0.1) is 0 Å². The summed E-state index contributed by atoms with van der Waals surface area (Å²) in [6.07, 6.45) is 9.81. The molecule has 1 aliphatic carbocycles. The van der Waals surface area contributed by atoms with Crippen LogP contribution in [0.3, 0.4) is 0 Å². The standard InChI is InChI=1S/C25H36N4O3/c30-22(11-13-24-28-27-23(32-24)12-10-21-8-4-3-5-9-21)26-20-25(14-6-1-2-7-15-25)29-16-18-31-19-17-29/h3-5,8-9H,1-2,6-7,10-20H2,(H,26,30). The van der Waals surface area contributed by atoms with E-state index in [1.807, 2.05) is 18.2 Å². The van der Waals surface area contributed by atoms with Gasteiger partial charge >= 0.3 is 0 Å². The van der Waals surface area contributed by atoms with Crippen molar-refractivity contribution in [3.8, 4) is 0 Å². The normalized spacial score (nSPS) is 19.4. The number of benzene rings is 1. The molecule has 2 aliphatic rings. The summed E-state index contributed by atoms with van der Waals surface area (Å²) in [7, 11) is 0. The average Bonchev–Trinajstić information content (AvgIpc) is 3.16. The predicted molar refractivity (Wildman–Crippen MR) is 122 cm³/mol. The van der Waals surface area contributed by atoms with E-state index in [4.69, 9.17) is 9.15 Å². The Morgan fingerprint density at radius 3 is 2.34 bits per heavy atom. The molecule has 1 aromatic heterocycles. The van der Waals surface area contributed by atoms with Gasteiger partial charge < -0.3 is 14.5 Å². The maximum atomic E-state index is 12.6. The van der Waals surface area contributed by atoms with Gasteiger partial charge in [0.05, 0.1) is 13.2 Å². The number of nitrogens with zero attached hydrogens (tertiary/aromatic N) is 3. The lowest BCUT2D eigenvalue weighted by Gasteiger charge is -2.45. The first-order chi connectivity index (χ1) is 15.7. The summed E-state index contributed by atoms with van der Waals surface area (Å²) in [5.74, 6) is 1.24. The molecular formula is C25H36N4O3. The third kappa shape index (κ3) is 6.39. The molecule has 4 rings (SSSR count). The van der Waals surface area contributed by atoms with E-state index in [0.717, 1.165) is 52.1 Å². The van der Waals surface area contributed by atoms with Gasteiger partial charge in [-0.15, -0.1) is 10.2 Å². The Hall–Kier alpha value is -2.25. The lowest BCUT2D eigenvalue weighted by molar-refractivity contribution is -0.122. The summed E-state index contributed by atoms with van der Waals surface area (Å²) in [5.41, 5.74) is 1.32. The number of morpholine rings is 1. The Bertz CT molecular complexity index is 825. The highest BCUT2D eigenvalue weighted by Gasteiger charge is 2.37. The maximum Gasteiger partial charge on any atom is 0.220 e. The zero-order valence-electron chi connectivity index (χ0n) is 19.1. The minimum Gasteiger partial charge on any atom is -0.425 e. The highest BCUT2D eigenvalue weighted by molar-refractivity contribution is 5.76. The van der Waals surface area contributed by atoms with E-state index in [-0.39, 0.29) is 11.4 Å². The molecule has 1 saturated heterocycles. The van der Waals surface area contributed by atoms with Crippen LogP contribution < -0.4 is 5.32 Å². The molecular weight excluding hydrogens is 404 g/mol. The van der Waals surface area contributed by atoms with Gasteiger partial charge in [-0.2, -0.15) is 0 Å². The molecule has 0 spiro atoms. The van der Waals surface area contributed by atoms with E-state index in [1.165, 1.54) is 31.2 Å². The number of hydrogen-bond donors (Lipinski definition) is 1. The smallest absolute Gasteiger partial charge is 0.220 e. The highest BCUT2D eigenvalue weighted by Crippen LogP contribution is 2.33. The summed E-state index contributed by atoms with van der Waals surface area (Å²) in [4.78, 5) is 15.2. The fourth-order valence-corrected chi connectivity index (χ4v) is 4.99. The Kier molecular flexibility index (Phi) is 8.29. The average molecular weight is 441 g/mol. The molecule has 0 radical (unpaired) electrons. The van der Waals surface area contributed by atoms with Crippen molar-refractivity contribution in [3.05, 3.63) is 47.7 Å². The van der Waals surface area contributed by atoms with Gasteiger partial charge in [0.1, 0.15) is 0 Å². The van der Waals surface area contributed by atoms with Crippen molar-refractivity contribution < 1.29 is 13.9 Å². The van der Waals surface area contributed by atoms with E-state index in [0.29, 0.717) is 31.0 Å². The van der Waals surface area contributed by atoms with Crippen LogP contribution in [0.4, 0.5) is 0 Å². The number of aryl methyl sites for hydroxylation is 3. The zero-order chi connectivity index (χ0) is 22.1. The summed E-state index contributed by atoms with van der Waals surface area (Å²) >= 11 is 0. The molecule has 0 bridgehead atoms. The first kappa shape index (κ1) is 22.9. The van der Waals surface area contributed by atoms with E-state index < -0.39 is 0 Å². The number of carbonyl (C=O) groups excluding carboxylic acids is 1. The molecule has 0 unspecified atom stereocenters. The summed E-state index contributed by atoms with van der Waals surface area (Å²) in [5, 5.41) is 11.5. The number of carbonyl (C=O) groups is 1. The molecule has 1 saturated carbocycles. The van der Waals surface area contributed by atoms with Gasteiger partial charge in [-0.25, -0.2) is 0 Å². The third-order valence-electron chi connectivity index (χ3n) is 6.88. The lowest BCUT2D eigenvalue weighted by Crippen LogP contribution is -2.58. The van der Waals surface area contributed by atoms with E-state index in [1.54, 1.807) is 0 Å². The number of aromatic nitrogens is 2. The lowest BCUT2D eigenvalue weighted by atomic mass is 9.87. The minimum absolute atomic E-state index is 0.0610. The fourth-order valence-electron chi connectivity index (χ4n) is 4.99. The summed E-state index contributed by atoms with van der Waals surface area (Å²) < 4.78 is 11.3. The second-order valence-corrected chi connectivity index (χ2v) is 9.09. The fraction of sp³-hybridized carbons (Fsp3) is 0.640. The van der Waals surface area contributed by atoms with Gasteiger partial charge in [-0.05, 0) is 24.8 Å². The molecule has 1 amide bonds. The largest absolute Gasteiger partial charge is 0.425 e. The number of amides is 1. The topological polar surface area (TPSA) is 80.5 Å². The van der Waals surface area contributed by atoms with Gasteiger partial charge in [-0.3, -0.25) is 9.69 Å². The van der Waals surface area contributed by atoms with Gasteiger partial charge in [0.15, 0.2) is 0 Å². The first-order valence-corrected chi connectivity index (χ1v) is 12.2. The van der Waals surface area contributed by atoms with Crippen LogP contribution in [0.1, 0.15) is 62.3 Å². The monoisotopic (exact) mass is 440 g/mol. The second kappa shape index (κ2) is 11.6. The van der Waals surface area contributed by atoms with E-state index in [9.17, 15) is 4.79 Å². The Morgan fingerprint density at radius 1 is 0.938 bits per heavy atom. The molecule has 2 heterocycles. The van der Waals surface area contributed by atoms with Gasteiger partial charge in [-0.1, -0.05) is 56.0 Å². The predicted octanol–water partition coefficient (Wildman–Crippen LogP) is 3.33. The molecule has 7 nitrogen and oxygen atoms in total. The molecule has 1 aliphatic heterocycles. The van der Waals surface area contributed by atoms with Gasteiger partial charge in [0, 0.05) is 44.4 Å². The van der Waals surface area contributed by atoms with Crippen molar-refractivity contribution in [3.63, 3.8) is 0 Å². The Morgan fingerprint density at radius 2 is 1.62 bits per heavy atom. The van der Waals surface area contributed by atoms with E-state index >= 15 is 0 Å². The van der Waals surface area contributed by atoms with Crippen LogP contribution in [-0.2, 0) is 28.8 Å². The van der Waals surface area contributed by atoms with Crippen LogP contribution in [0.5, 0.6) is 0 Å². The number of ether oxygens (including phenoxy) is 1. The SMILES string of the molecule is O=C(CCc1nnc(CCc2ccccc2)o1)NCC1(N2CCOCC2)CCCCCC1.